The van der Waals surface area contributed by atoms with Gasteiger partial charge in [0.25, 0.3) is 0 Å². The molecule has 0 bridgehead atoms. The monoisotopic (exact) mass is 322 g/mol. The molecule has 0 amide bonds. The minimum Gasteiger partial charge on any atom is -0.396 e. The second-order valence-corrected chi connectivity index (χ2v) is 8.65. The SMILES string of the molecule is CC1CCC1N1CC(CCCO)CC(NCC2CCCCC2)C1. The first-order valence-corrected chi connectivity index (χ1v) is 10.3. The predicted molar refractivity (Wildman–Crippen MR) is 96.6 cm³/mol. The largest absolute Gasteiger partial charge is 0.396 e. The van der Waals surface area contributed by atoms with Gasteiger partial charge in [-0.1, -0.05) is 26.2 Å². The molecule has 3 heteroatoms. The second-order valence-electron chi connectivity index (χ2n) is 8.65. The lowest BCUT2D eigenvalue weighted by Crippen LogP contribution is -2.57. The van der Waals surface area contributed by atoms with Crippen LogP contribution in [0.1, 0.15) is 71.1 Å². The minimum absolute atomic E-state index is 0.358. The van der Waals surface area contributed by atoms with Crippen LogP contribution in [0.4, 0.5) is 0 Å². The highest BCUT2D eigenvalue weighted by Gasteiger charge is 2.37. The van der Waals surface area contributed by atoms with Gasteiger partial charge in [0, 0.05) is 31.8 Å². The van der Waals surface area contributed by atoms with Gasteiger partial charge in [-0.05, 0) is 69.2 Å². The standard InChI is InChI=1S/C20H38N2O/c1-16-9-10-20(16)22-14-18(8-5-11-23)12-19(15-22)21-13-17-6-3-2-4-7-17/h16-21,23H,2-15H2,1H3. The molecular weight excluding hydrogens is 284 g/mol. The van der Waals surface area contributed by atoms with Gasteiger partial charge in [-0.3, -0.25) is 4.90 Å². The van der Waals surface area contributed by atoms with Gasteiger partial charge in [-0.15, -0.1) is 0 Å². The summed E-state index contributed by atoms with van der Waals surface area (Å²) in [6.07, 6.45) is 13.6. The molecule has 0 aromatic rings. The molecule has 1 saturated heterocycles. The van der Waals surface area contributed by atoms with Crippen LogP contribution in [0.5, 0.6) is 0 Å². The summed E-state index contributed by atoms with van der Waals surface area (Å²) < 4.78 is 0. The Bertz CT molecular complexity index is 343. The van der Waals surface area contributed by atoms with E-state index in [2.05, 4.69) is 17.1 Å². The molecule has 1 heterocycles. The van der Waals surface area contributed by atoms with Crippen LogP contribution in [-0.2, 0) is 0 Å². The predicted octanol–water partition coefficient (Wildman–Crippen LogP) is 3.42. The molecule has 0 aromatic heterocycles. The maximum absolute atomic E-state index is 9.18. The smallest absolute Gasteiger partial charge is 0.0431 e. The van der Waals surface area contributed by atoms with Crippen LogP contribution in [0, 0.1) is 17.8 Å². The Morgan fingerprint density at radius 1 is 1.00 bits per heavy atom. The Morgan fingerprint density at radius 2 is 1.83 bits per heavy atom. The van der Waals surface area contributed by atoms with E-state index in [0.29, 0.717) is 12.6 Å². The first-order valence-electron chi connectivity index (χ1n) is 10.3. The fraction of sp³-hybridized carbons (Fsp3) is 1.00. The van der Waals surface area contributed by atoms with Crippen molar-refractivity contribution in [3.63, 3.8) is 0 Å². The van der Waals surface area contributed by atoms with Crippen molar-refractivity contribution in [1.82, 2.24) is 10.2 Å². The molecule has 2 saturated carbocycles. The lowest BCUT2D eigenvalue weighted by atomic mass is 9.77. The zero-order chi connectivity index (χ0) is 16.1. The molecule has 4 unspecified atom stereocenters. The third-order valence-electron chi connectivity index (χ3n) is 6.80. The van der Waals surface area contributed by atoms with Gasteiger partial charge in [0.15, 0.2) is 0 Å². The highest BCUT2D eigenvalue weighted by Crippen LogP contribution is 2.35. The Kier molecular flexibility index (Phi) is 6.79. The molecule has 2 aliphatic carbocycles. The quantitative estimate of drug-likeness (QED) is 0.754. The molecule has 0 aromatic carbocycles. The van der Waals surface area contributed by atoms with Crippen molar-refractivity contribution in [3.8, 4) is 0 Å². The number of nitrogens with one attached hydrogen (secondary N) is 1. The Morgan fingerprint density at radius 3 is 2.48 bits per heavy atom. The van der Waals surface area contributed by atoms with Crippen LogP contribution in [0.2, 0.25) is 0 Å². The topological polar surface area (TPSA) is 35.5 Å². The molecule has 0 spiro atoms. The zero-order valence-corrected chi connectivity index (χ0v) is 15.2. The van der Waals surface area contributed by atoms with Crippen molar-refractivity contribution >= 4 is 0 Å². The lowest BCUT2D eigenvalue weighted by molar-refractivity contribution is 0.0191. The fourth-order valence-electron chi connectivity index (χ4n) is 5.16. The molecule has 23 heavy (non-hydrogen) atoms. The molecule has 3 aliphatic rings. The van der Waals surface area contributed by atoms with E-state index in [4.69, 9.17) is 0 Å². The Hall–Kier alpha value is -0.120. The van der Waals surface area contributed by atoms with E-state index in [1.165, 1.54) is 77.4 Å². The summed E-state index contributed by atoms with van der Waals surface area (Å²) >= 11 is 0. The van der Waals surface area contributed by atoms with Crippen LogP contribution in [0.15, 0.2) is 0 Å². The Labute approximate surface area is 143 Å². The summed E-state index contributed by atoms with van der Waals surface area (Å²) in [7, 11) is 0. The summed E-state index contributed by atoms with van der Waals surface area (Å²) in [6.45, 7) is 6.56. The molecule has 134 valence electrons. The van der Waals surface area contributed by atoms with Gasteiger partial charge >= 0.3 is 0 Å². The summed E-state index contributed by atoms with van der Waals surface area (Å²) in [5, 5.41) is 13.1. The van der Waals surface area contributed by atoms with Gasteiger partial charge in [-0.25, -0.2) is 0 Å². The number of hydrogen-bond acceptors (Lipinski definition) is 3. The normalized spacial score (nSPS) is 36.8. The summed E-state index contributed by atoms with van der Waals surface area (Å²) in [4.78, 5) is 2.79. The molecule has 3 rings (SSSR count). The van der Waals surface area contributed by atoms with Gasteiger partial charge in [0.05, 0.1) is 0 Å². The number of aliphatic hydroxyl groups excluding tert-OH is 1. The van der Waals surface area contributed by atoms with E-state index in [0.717, 1.165) is 30.2 Å². The van der Waals surface area contributed by atoms with E-state index >= 15 is 0 Å². The molecule has 1 aliphatic heterocycles. The Balaban J connectivity index is 1.50. The maximum Gasteiger partial charge on any atom is 0.0431 e. The van der Waals surface area contributed by atoms with E-state index in [9.17, 15) is 5.11 Å². The van der Waals surface area contributed by atoms with Crippen molar-refractivity contribution in [2.45, 2.75) is 83.2 Å². The first-order chi connectivity index (χ1) is 11.3. The fourth-order valence-corrected chi connectivity index (χ4v) is 5.16. The number of likely N-dealkylation sites (tertiary alicyclic amines) is 1. The van der Waals surface area contributed by atoms with Crippen molar-refractivity contribution in [3.05, 3.63) is 0 Å². The molecular formula is C20H38N2O. The van der Waals surface area contributed by atoms with E-state index in [1.807, 2.05) is 0 Å². The highest BCUT2D eigenvalue weighted by atomic mass is 16.2. The van der Waals surface area contributed by atoms with Crippen LogP contribution >= 0.6 is 0 Å². The first kappa shape index (κ1) is 17.7. The minimum atomic E-state index is 0.358. The van der Waals surface area contributed by atoms with Gasteiger partial charge in [0.2, 0.25) is 0 Å². The van der Waals surface area contributed by atoms with Crippen LogP contribution in [0.3, 0.4) is 0 Å². The van der Waals surface area contributed by atoms with Crippen molar-refractivity contribution in [2.75, 3.05) is 26.2 Å². The van der Waals surface area contributed by atoms with E-state index < -0.39 is 0 Å². The van der Waals surface area contributed by atoms with Crippen molar-refractivity contribution in [2.24, 2.45) is 17.8 Å². The summed E-state index contributed by atoms with van der Waals surface area (Å²) in [6, 6.07) is 1.52. The molecule has 4 atom stereocenters. The number of piperidine rings is 1. The third-order valence-corrected chi connectivity index (χ3v) is 6.80. The average Bonchev–Trinajstić information content (AvgIpc) is 2.57. The lowest BCUT2D eigenvalue weighted by Gasteiger charge is -2.49. The van der Waals surface area contributed by atoms with Crippen molar-refractivity contribution < 1.29 is 5.11 Å². The van der Waals surface area contributed by atoms with Crippen LogP contribution in [-0.4, -0.2) is 48.3 Å². The van der Waals surface area contributed by atoms with E-state index in [-0.39, 0.29) is 0 Å². The van der Waals surface area contributed by atoms with Gasteiger partial charge < -0.3 is 10.4 Å². The van der Waals surface area contributed by atoms with Gasteiger partial charge in [-0.2, -0.15) is 0 Å². The molecule has 2 N–H and O–H groups in total. The number of aliphatic hydroxyl groups is 1. The highest BCUT2D eigenvalue weighted by molar-refractivity contribution is 4.93. The number of hydrogen-bond donors (Lipinski definition) is 2. The number of nitrogens with zero attached hydrogens (tertiary/aromatic N) is 1. The maximum atomic E-state index is 9.18. The van der Waals surface area contributed by atoms with Crippen molar-refractivity contribution in [1.29, 1.82) is 0 Å². The van der Waals surface area contributed by atoms with Crippen LogP contribution < -0.4 is 5.32 Å². The summed E-state index contributed by atoms with van der Waals surface area (Å²) in [5.41, 5.74) is 0. The zero-order valence-electron chi connectivity index (χ0n) is 15.2. The number of rotatable bonds is 7. The summed E-state index contributed by atoms with van der Waals surface area (Å²) in [5.74, 6) is 2.61. The molecule has 3 fully saturated rings. The average molecular weight is 323 g/mol. The van der Waals surface area contributed by atoms with Gasteiger partial charge in [0.1, 0.15) is 0 Å². The van der Waals surface area contributed by atoms with E-state index in [1.54, 1.807) is 0 Å². The molecule has 3 nitrogen and oxygen atoms in total. The third kappa shape index (κ3) is 4.93. The molecule has 0 radical (unpaired) electrons. The second kappa shape index (κ2) is 8.82. The van der Waals surface area contributed by atoms with Crippen LogP contribution in [0.25, 0.3) is 0 Å².